The number of hydrogen-bond donors (Lipinski definition) is 0. The molecule has 4 nitrogen and oxygen atoms in total. The Morgan fingerprint density at radius 1 is 1.15 bits per heavy atom. The van der Waals surface area contributed by atoms with Gasteiger partial charge in [-0.15, -0.1) is 0 Å². The van der Waals surface area contributed by atoms with Crippen LogP contribution in [0.15, 0.2) is 25.6 Å². The zero-order valence-electron chi connectivity index (χ0n) is 11.2. The van der Waals surface area contributed by atoms with Crippen molar-refractivity contribution in [2.75, 3.05) is 7.11 Å². The van der Waals surface area contributed by atoms with Crippen LogP contribution >= 0.6 is 47.8 Å². The Balaban J connectivity index is 2.21. The molecule has 0 saturated heterocycles. The van der Waals surface area contributed by atoms with Crippen LogP contribution in [-0.4, -0.2) is 16.9 Å². The molecule has 0 fully saturated rings. The quantitative estimate of drug-likeness (QED) is 0.657. The molecule has 0 amide bonds. The number of methoxy groups -OCH3 is 1. The highest BCUT2D eigenvalue weighted by atomic mass is 79.9. The summed E-state index contributed by atoms with van der Waals surface area (Å²) in [5, 5.41) is 4.34. The van der Waals surface area contributed by atoms with Gasteiger partial charge in [0, 0.05) is 7.05 Å². The minimum Gasteiger partial charge on any atom is -0.496 e. The number of aryl methyl sites for hydroxylation is 2. The van der Waals surface area contributed by atoms with E-state index in [1.165, 1.54) is 0 Å². The van der Waals surface area contributed by atoms with Gasteiger partial charge in [0.15, 0.2) is 0 Å². The fourth-order valence-corrected chi connectivity index (χ4v) is 3.13. The van der Waals surface area contributed by atoms with Crippen molar-refractivity contribution < 1.29 is 9.47 Å². The van der Waals surface area contributed by atoms with Crippen LogP contribution in [0.25, 0.3) is 0 Å². The van der Waals surface area contributed by atoms with Crippen molar-refractivity contribution in [3.63, 3.8) is 0 Å². The predicted molar refractivity (Wildman–Crippen MR) is 88.4 cm³/mol. The van der Waals surface area contributed by atoms with Crippen LogP contribution in [-0.2, 0) is 13.7 Å². The van der Waals surface area contributed by atoms with E-state index in [9.17, 15) is 0 Å². The Labute approximate surface area is 142 Å². The standard InChI is InChI=1S/C13H13Br3N2O2/c1-7-13(16)10(18(2)17-7)6-20-12-5-8(14)11(19-3)4-9(12)15/h4-5H,6H2,1-3H3. The molecule has 1 heterocycles. The molecule has 0 radical (unpaired) electrons. The van der Waals surface area contributed by atoms with Crippen molar-refractivity contribution in [3.8, 4) is 11.5 Å². The molecule has 0 unspecified atom stereocenters. The minimum atomic E-state index is 0.426. The van der Waals surface area contributed by atoms with E-state index in [-0.39, 0.29) is 0 Å². The van der Waals surface area contributed by atoms with Gasteiger partial charge < -0.3 is 9.47 Å². The van der Waals surface area contributed by atoms with Gasteiger partial charge in [-0.3, -0.25) is 4.68 Å². The molecule has 1 aromatic carbocycles. The third-order valence-corrected chi connectivity index (χ3v) is 5.10. The summed E-state index contributed by atoms with van der Waals surface area (Å²) >= 11 is 10.5. The first-order valence-electron chi connectivity index (χ1n) is 5.77. The number of hydrogen-bond acceptors (Lipinski definition) is 3. The topological polar surface area (TPSA) is 36.3 Å². The molecule has 0 spiro atoms. The van der Waals surface area contributed by atoms with Crippen molar-refractivity contribution in [2.45, 2.75) is 13.5 Å². The third-order valence-electron chi connectivity index (χ3n) is 2.83. The highest BCUT2D eigenvalue weighted by Gasteiger charge is 2.13. The molecule has 0 atom stereocenters. The Morgan fingerprint density at radius 2 is 1.75 bits per heavy atom. The van der Waals surface area contributed by atoms with Gasteiger partial charge in [0.2, 0.25) is 0 Å². The van der Waals surface area contributed by atoms with Gasteiger partial charge in [0.1, 0.15) is 18.1 Å². The minimum absolute atomic E-state index is 0.426. The van der Waals surface area contributed by atoms with Crippen LogP contribution in [0, 0.1) is 6.92 Å². The number of benzene rings is 1. The third kappa shape index (κ3) is 3.20. The van der Waals surface area contributed by atoms with Crippen LogP contribution in [0.1, 0.15) is 11.4 Å². The van der Waals surface area contributed by atoms with E-state index in [1.54, 1.807) is 7.11 Å². The van der Waals surface area contributed by atoms with E-state index in [4.69, 9.17) is 9.47 Å². The van der Waals surface area contributed by atoms with Crippen LogP contribution in [0.5, 0.6) is 11.5 Å². The van der Waals surface area contributed by atoms with E-state index in [1.807, 2.05) is 30.8 Å². The van der Waals surface area contributed by atoms with Gasteiger partial charge in [0.25, 0.3) is 0 Å². The second-order valence-electron chi connectivity index (χ2n) is 4.18. The lowest BCUT2D eigenvalue weighted by Gasteiger charge is -2.11. The number of rotatable bonds is 4. The molecule has 1 aromatic heterocycles. The van der Waals surface area contributed by atoms with Crippen molar-refractivity contribution in [1.82, 2.24) is 9.78 Å². The molecule has 0 saturated carbocycles. The molecular formula is C13H13Br3N2O2. The highest BCUT2D eigenvalue weighted by Crippen LogP contribution is 2.36. The smallest absolute Gasteiger partial charge is 0.135 e. The Bertz CT molecular complexity index is 641. The first-order valence-corrected chi connectivity index (χ1v) is 8.15. The van der Waals surface area contributed by atoms with E-state index >= 15 is 0 Å². The first-order chi connectivity index (χ1) is 9.43. The highest BCUT2D eigenvalue weighted by molar-refractivity contribution is 9.11. The average Bonchev–Trinajstić information content (AvgIpc) is 2.64. The number of aromatic nitrogens is 2. The molecule has 0 N–H and O–H groups in total. The van der Waals surface area contributed by atoms with Gasteiger partial charge in [0.05, 0.1) is 31.9 Å². The van der Waals surface area contributed by atoms with E-state index in [0.717, 1.165) is 36.3 Å². The first kappa shape index (κ1) is 15.9. The van der Waals surface area contributed by atoms with Gasteiger partial charge in [-0.1, -0.05) is 0 Å². The van der Waals surface area contributed by atoms with Crippen molar-refractivity contribution in [1.29, 1.82) is 0 Å². The maximum absolute atomic E-state index is 5.85. The number of ether oxygens (including phenoxy) is 2. The fourth-order valence-electron chi connectivity index (χ4n) is 1.76. The number of halogens is 3. The lowest BCUT2D eigenvalue weighted by atomic mass is 10.3. The Morgan fingerprint density at radius 3 is 2.30 bits per heavy atom. The van der Waals surface area contributed by atoms with E-state index < -0.39 is 0 Å². The molecule has 0 aliphatic heterocycles. The summed E-state index contributed by atoms with van der Waals surface area (Å²) in [6.45, 7) is 2.38. The van der Waals surface area contributed by atoms with Crippen LogP contribution in [0.2, 0.25) is 0 Å². The number of nitrogens with zero attached hydrogens (tertiary/aromatic N) is 2. The fraction of sp³-hybridized carbons (Fsp3) is 0.308. The summed E-state index contributed by atoms with van der Waals surface area (Å²) in [6.07, 6.45) is 0. The SMILES string of the molecule is COc1cc(Br)c(OCc2c(Br)c(C)nn2C)cc1Br. The van der Waals surface area contributed by atoms with Gasteiger partial charge in [-0.25, -0.2) is 0 Å². The van der Waals surface area contributed by atoms with Gasteiger partial charge in [-0.2, -0.15) is 5.10 Å². The van der Waals surface area contributed by atoms with E-state index in [0.29, 0.717) is 6.61 Å². The van der Waals surface area contributed by atoms with E-state index in [2.05, 4.69) is 52.9 Å². The summed E-state index contributed by atoms with van der Waals surface area (Å²) in [7, 11) is 3.53. The second-order valence-corrected chi connectivity index (χ2v) is 6.68. The predicted octanol–water partition coefficient (Wildman–Crippen LogP) is 4.60. The summed E-state index contributed by atoms with van der Waals surface area (Å²) in [5.41, 5.74) is 1.93. The molecule has 20 heavy (non-hydrogen) atoms. The van der Waals surface area contributed by atoms with Crippen LogP contribution < -0.4 is 9.47 Å². The Hall–Kier alpha value is -0.530. The summed E-state index contributed by atoms with van der Waals surface area (Å²) in [4.78, 5) is 0. The zero-order valence-corrected chi connectivity index (χ0v) is 16.0. The summed E-state index contributed by atoms with van der Waals surface area (Å²) in [5.74, 6) is 1.49. The molecule has 2 rings (SSSR count). The molecule has 108 valence electrons. The lowest BCUT2D eigenvalue weighted by molar-refractivity contribution is 0.291. The van der Waals surface area contributed by atoms with Crippen molar-refractivity contribution >= 4 is 47.8 Å². The molecule has 0 bridgehead atoms. The Kier molecular flexibility index (Phi) is 5.14. The molecule has 0 aliphatic rings. The second kappa shape index (κ2) is 6.49. The van der Waals surface area contributed by atoms with Crippen LogP contribution in [0.3, 0.4) is 0 Å². The van der Waals surface area contributed by atoms with Gasteiger partial charge >= 0.3 is 0 Å². The zero-order chi connectivity index (χ0) is 14.9. The van der Waals surface area contributed by atoms with Crippen LogP contribution in [0.4, 0.5) is 0 Å². The van der Waals surface area contributed by atoms with Crippen molar-refractivity contribution in [3.05, 3.63) is 36.9 Å². The normalized spacial score (nSPS) is 10.7. The maximum atomic E-state index is 5.85. The molecule has 2 aromatic rings. The molecular weight excluding hydrogens is 456 g/mol. The largest absolute Gasteiger partial charge is 0.496 e. The summed E-state index contributed by atoms with van der Waals surface area (Å²) < 4.78 is 15.6. The maximum Gasteiger partial charge on any atom is 0.135 e. The molecule has 7 heteroatoms. The summed E-state index contributed by atoms with van der Waals surface area (Å²) in [6, 6.07) is 3.74. The van der Waals surface area contributed by atoms with Gasteiger partial charge in [-0.05, 0) is 66.8 Å². The monoisotopic (exact) mass is 466 g/mol. The lowest BCUT2D eigenvalue weighted by Crippen LogP contribution is -2.04. The average molecular weight is 469 g/mol. The van der Waals surface area contributed by atoms with Crippen molar-refractivity contribution in [2.24, 2.45) is 7.05 Å². The molecule has 0 aliphatic carbocycles.